The zero-order valence-corrected chi connectivity index (χ0v) is 9.97. The highest BCUT2D eigenvalue weighted by molar-refractivity contribution is 8.18. The predicted molar refractivity (Wildman–Crippen MR) is 60.5 cm³/mol. The highest BCUT2D eigenvalue weighted by Gasteiger charge is 2.24. The van der Waals surface area contributed by atoms with Crippen LogP contribution in [0.1, 0.15) is 34.1 Å². The first-order valence-electron chi connectivity index (χ1n) is 4.65. The summed E-state index contributed by atoms with van der Waals surface area (Å²) in [4.78, 5) is 0. The summed E-state index contributed by atoms with van der Waals surface area (Å²) < 4.78 is 0.755. The van der Waals surface area contributed by atoms with Crippen molar-refractivity contribution in [2.75, 3.05) is 0 Å². The highest BCUT2D eigenvalue weighted by Crippen LogP contribution is 2.36. The monoisotopic (exact) mass is 205 g/mol. The van der Waals surface area contributed by atoms with Crippen LogP contribution in [0.25, 0.3) is 0 Å². The Bertz CT molecular complexity index is 126. The topological polar surface area (TPSA) is 12.0 Å². The summed E-state index contributed by atoms with van der Waals surface area (Å²) in [5, 5.41) is 4.91. The van der Waals surface area contributed by atoms with Crippen molar-refractivity contribution in [1.29, 1.82) is 0 Å². The normalized spacial score (nSPS) is 37.2. The first-order valence-corrected chi connectivity index (χ1v) is 6.53. The predicted octanol–water partition coefficient (Wildman–Crippen LogP) is 3.12. The van der Waals surface area contributed by atoms with Gasteiger partial charge < -0.3 is 0 Å². The second-order valence-electron chi connectivity index (χ2n) is 3.77. The van der Waals surface area contributed by atoms with Crippen LogP contribution in [0, 0.1) is 5.92 Å². The van der Waals surface area contributed by atoms with Crippen molar-refractivity contribution in [3.8, 4) is 0 Å². The van der Waals surface area contributed by atoms with Crippen molar-refractivity contribution in [1.82, 2.24) is 5.32 Å². The van der Waals surface area contributed by atoms with Crippen LogP contribution < -0.4 is 5.32 Å². The zero-order valence-electron chi connectivity index (χ0n) is 8.33. The number of nitrogens with one attached hydrogen (secondary N) is 1. The van der Waals surface area contributed by atoms with Crippen LogP contribution in [-0.2, 0) is 0 Å². The number of hydrogen-bond donors (Lipinski definition) is 1. The summed E-state index contributed by atoms with van der Waals surface area (Å²) in [7, 11) is 0. The van der Waals surface area contributed by atoms with E-state index in [-0.39, 0.29) is 0 Å². The Morgan fingerprint density at radius 2 is 1.92 bits per heavy atom. The molecule has 0 radical (unpaired) electrons. The fourth-order valence-electron chi connectivity index (χ4n) is 1.44. The van der Waals surface area contributed by atoms with Gasteiger partial charge in [-0.2, -0.15) is 0 Å². The van der Waals surface area contributed by atoms with Gasteiger partial charge in [-0.3, -0.25) is 5.32 Å². The van der Waals surface area contributed by atoms with E-state index in [9.17, 15) is 0 Å². The van der Waals surface area contributed by atoms with Crippen LogP contribution in [0.3, 0.4) is 0 Å². The lowest BCUT2D eigenvalue weighted by Crippen LogP contribution is -2.38. The SMILES string of the molecule is CC(C)CC1NC(C)SC(C)S1. The molecule has 3 heteroatoms. The van der Waals surface area contributed by atoms with Gasteiger partial charge in [-0.15, -0.1) is 23.5 Å². The molecule has 0 bridgehead atoms. The third kappa shape index (κ3) is 3.58. The molecule has 1 saturated heterocycles. The molecule has 1 fully saturated rings. The third-order valence-corrected chi connectivity index (χ3v) is 4.49. The molecule has 0 spiro atoms. The molecule has 1 aliphatic rings. The molecule has 1 rings (SSSR count). The smallest absolute Gasteiger partial charge is 0.0554 e. The molecule has 0 aromatic carbocycles. The molecule has 1 N–H and O–H groups in total. The molecule has 12 heavy (non-hydrogen) atoms. The van der Waals surface area contributed by atoms with Crippen molar-refractivity contribution in [3.05, 3.63) is 0 Å². The average Bonchev–Trinajstić information content (AvgIpc) is 1.81. The minimum Gasteiger partial charge on any atom is -0.294 e. The molecule has 1 aliphatic heterocycles. The number of thioether (sulfide) groups is 2. The molecule has 0 aliphatic carbocycles. The second kappa shape index (κ2) is 4.77. The lowest BCUT2D eigenvalue weighted by molar-refractivity contribution is 0.506. The van der Waals surface area contributed by atoms with Crippen LogP contribution in [0.5, 0.6) is 0 Å². The van der Waals surface area contributed by atoms with Gasteiger partial charge in [0.15, 0.2) is 0 Å². The van der Waals surface area contributed by atoms with E-state index in [1.165, 1.54) is 6.42 Å². The third-order valence-electron chi connectivity index (χ3n) is 1.86. The van der Waals surface area contributed by atoms with Gasteiger partial charge in [-0.25, -0.2) is 0 Å². The molecule has 1 nitrogen and oxygen atoms in total. The van der Waals surface area contributed by atoms with E-state index in [0.717, 1.165) is 10.5 Å². The molecule has 0 saturated carbocycles. The fourth-order valence-corrected chi connectivity index (χ4v) is 4.75. The maximum Gasteiger partial charge on any atom is 0.0554 e. The fraction of sp³-hybridized carbons (Fsp3) is 1.00. The standard InChI is InChI=1S/C9H19NS2/c1-6(2)5-9-10-7(3)11-8(4)12-9/h6-10H,5H2,1-4H3. The van der Waals surface area contributed by atoms with Gasteiger partial charge in [0.2, 0.25) is 0 Å². The first-order chi connectivity index (χ1) is 5.58. The van der Waals surface area contributed by atoms with E-state index < -0.39 is 0 Å². The molecule has 1 heterocycles. The summed E-state index contributed by atoms with van der Waals surface area (Å²) in [5.74, 6) is 0.803. The zero-order chi connectivity index (χ0) is 9.14. The van der Waals surface area contributed by atoms with Crippen LogP contribution in [0.4, 0.5) is 0 Å². The maximum atomic E-state index is 3.60. The van der Waals surface area contributed by atoms with Crippen molar-refractivity contribution in [2.45, 2.75) is 49.4 Å². The van der Waals surface area contributed by atoms with Crippen LogP contribution in [-0.4, -0.2) is 15.3 Å². The molecule has 3 atom stereocenters. The Kier molecular flexibility index (Phi) is 4.27. The lowest BCUT2D eigenvalue weighted by Gasteiger charge is -2.33. The maximum absolute atomic E-state index is 3.60. The van der Waals surface area contributed by atoms with Crippen molar-refractivity contribution in [2.24, 2.45) is 5.92 Å². The Morgan fingerprint density at radius 1 is 1.25 bits per heavy atom. The van der Waals surface area contributed by atoms with Gasteiger partial charge in [0.25, 0.3) is 0 Å². The van der Waals surface area contributed by atoms with Crippen molar-refractivity contribution < 1.29 is 0 Å². The minimum atomic E-state index is 0.630. The van der Waals surface area contributed by atoms with Crippen LogP contribution in [0.15, 0.2) is 0 Å². The molecule has 0 amide bonds. The number of hydrogen-bond acceptors (Lipinski definition) is 3. The van der Waals surface area contributed by atoms with Crippen LogP contribution >= 0.6 is 23.5 Å². The quantitative estimate of drug-likeness (QED) is 0.744. The minimum absolute atomic E-state index is 0.630. The molecule has 0 aromatic rings. The van der Waals surface area contributed by atoms with Gasteiger partial charge in [0.1, 0.15) is 0 Å². The molecule has 3 unspecified atom stereocenters. The Hall–Kier alpha value is 0.660. The summed E-state index contributed by atoms with van der Waals surface area (Å²) in [6.07, 6.45) is 1.29. The van der Waals surface area contributed by atoms with Gasteiger partial charge in [-0.05, 0) is 26.2 Å². The lowest BCUT2D eigenvalue weighted by atomic mass is 10.1. The summed E-state index contributed by atoms with van der Waals surface area (Å²) in [5.41, 5.74) is 0. The van der Waals surface area contributed by atoms with Crippen molar-refractivity contribution in [3.63, 3.8) is 0 Å². The van der Waals surface area contributed by atoms with E-state index >= 15 is 0 Å². The summed E-state index contributed by atoms with van der Waals surface area (Å²) in [6.45, 7) is 9.15. The van der Waals surface area contributed by atoms with Crippen molar-refractivity contribution >= 4 is 23.5 Å². The summed E-state index contributed by atoms with van der Waals surface area (Å²) in [6, 6.07) is 0. The Balaban J connectivity index is 2.34. The van der Waals surface area contributed by atoms with E-state index in [0.29, 0.717) is 10.7 Å². The van der Waals surface area contributed by atoms with E-state index in [4.69, 9.17) is 0 Å². The van der Waals surface area contributed by atoms with Gasteiger partial charge in [0, 0.05) is 0 Å². The van der Waals surface area contributed by atoms with Gasteiger partial charge in [-0.1, -0.05) is 13.8 Å². The van der Waals surface area contributed by atoms with Gasteiger partial charge >= 0.3 is 0 Å². The largest absolute Gasteiger partial charge is 0.294 e. The first kappa shape index (κ1) is 10.7. The van der Waals surface area contributed by atoms with Gasteiger partial charge in [0.05, 0.1) is 15.3 Å². The molecule has 72 valence electrons. The molecular weight excluding hydrogens is 186 g/mol. The Morgan fingerprint density at radius 3 is 2.42 bits per heavy atom. The number of rotatable bonds is 2. The van der Waals surface area contributed by atoms with Crippen LogP contribution in [0.2, 0.25) is 0 Å². The highest BCUT2D eigenvalue weighted by atomic mass is 32.2. The van der Waals surface area contributed by atoms with E-state index in [1.54, 1.807) is 0 Å². The molecular formula is C9H19NS2. The average molecular weight is 205 g/mol. The van der Waals surface area contributed by atoms with E-state index in [1.807, 2.05) is 11.8 Å². The Labute approximate surface area is 84.4 Å². The van der Waals surface area contributed by atoms with E-state index in [2.05, 4.69) is 44.8 Å². The molecule has 0 aromatic heterocycles. The second-order valence-corrected chi connectivity index (χ2v) is 7.30. The summed E-state index contributed by atoms with van der Waals surface area (Å²) >= 11 is 4.09.